The predicted octanol–water partition coefficient (Wildman–Crippen LogP) is 4.79. The van der Waals surface area contributed by atoms with Crippen LogP contribution in [0.25, 0.3) is 10.9 Å². The largest absolute Gasteiger partial charge is 0.491 e. The Morgan fingerprint density at radius 1 is 1.00 bits per heavy atom. The maximum atomic E-state index is 5.75. The van der Waals surface area contributed by atoms with Gasteiger partial charge in [0.2, 0.25) is 0 Å². The van der Waals surface area contributed by atoms with E-state index >= 15 is 0 Å². The van der Waals surface area contributed by atoms with E-state index in [0.29, 0.717) is 0 Å². The lowest BCUT2D eigenvalue weighted by Crippen LogP contribution is -2.05. The van der Waals surface area contributed by atoms with Crippen LogP contribution in [0.3, 0.4) is 0 Å². The minimum Gasteiger partial charge on any atom is -0.491 e. The van der Waals surface area contributed by atoms with Gasteiger partial charge in [-0.05, 0) is 50.6 Å². The first-order valence-electron chi connectivity index (χ1n) is 7.43. The molecule has 0 atom stereocenters. The van der Waals surface area contributed by atoms with Crippen molar-refractivity contribution in [2.24, 2.45) is 0 Å². The summed E-state index contributed by atoms with van der Waals surface area (Å²) in [5.74, 6) is 0.936. The number of ether oxygens (including phenoxy) is 1. The molecule has 0 unspecified atom stereocenters. The molecular formula is C19H21NO. The van der Waals surface area contributed by atoms with Gasteiger partial charge >= 0.3 is 0 Å². The zero-order valence-corrected chi connectivity index (χ0v) is 12.8. The molecule has 0 fully saturated rings. The van der Waals surface area contributed by atoms with Gasteiger partial charge in [0.05, 0.1) is 6.10 Å². The van der Waals surface area contributed by atoms with Gasteiger partial charge in [0.25, 0.3) is 0 Å². The Kier molecular flexibility index (Phi) is 3.70. The van der Waals surface area contributed by atoms with Gasteiger partial charge < -0.3 is 9.30 Å². The molecule has 1 aromatic heterocycles. The minimum atomic E-state index is 0.206. The standard InChI is InChI=1S/C19H21NO/c1-14(2)21-18-8-9-19-17(12-18)10-11-20(19)13-16-6-4-15(3)5-7-16/h4-12,14H,13H2,1-3H3. The first-order chi connectivity index (χ1) is 10.1. The molecule has 1 heterocycles. The van der Waals surface area contributed by atoms with Crippen molar-refractivity contribution in [3.63, 3.8) is 0 Å². The highest BCUT2D eigenvalue weighted by molar-refractivity contribution is 5.81. The molecule has 2 nitrogen and oxygen atoms in total. The van der Waals surface area contributed by atoms with Crippen molar-refractivity contribution < 1.29 is 4.74 Å². The molecule has 0 saturated carbocycles. The van der Waals surface area contributed by atoms with E-state index in [1.807, 2.05) is 19.9 Å². The SMILES string of the molecule is Cc1ccc(Cn2ccc3cc(OC(C)C)ccc32)cc1. The van der Waals surface area contributed by atoms with Crippen LogP contribution >= 0.6 is 0 Å². The van der Waals surface area contributed by atoms with Gasteiger partial charge in [-0.3, -0.25) is 0 Å². The van der Waals surface area contributed by atoms with E-state index < -0.39 is 0 Å². The number of hydrogen-bond acceptors (Lipinski definition) is 1. The lowest BCUT2D eigenvalue weighted by Gasteiger charge is -2.10. The van der Waals surface area contributed by atoms with Crippen LogP contribution in [-0.2, 0) is 6.54 Å². The predicted molar refractivity (Wildman–Crippen MR) is 88.0 cm³/mol. The normalized spacial score (nSPS) is 11.2. The van der Waals surface area contributed by atoms with Crippen LogP contribution in [-0.4, -0.2) is 10.7 Å². The maximum Gasteiger partial charge on any atom is 0.120 e. The highest BCUT2D eigenvalue weighted by Crippen LogP contribution is 2.23. The third-order valence-corrected chi connectivity index (χ3v) is 3.59. The van der Waals surface area contributed by atoms with Crippen LogP contribution < -0.4 is 4.74 Å². The topological polar surface area (TPSA) is 14.2 Å². The summed E-state index contributed by atoms with van der Waals surface area (Å²) >= 11 is 0. The maximum absolute atomic E-state index is 5.75. The second-order valence-electron chi connectivity index (χ2n) is 5.82. The molecule has 2 aromatic carbocycles. The third kappa shape index (κ3) is 3.10. The number of rotatable bonds is 4. The summed E-state index contributed by atoms with van der Waals surface area (Å²) in [6.07, 6.45) is 2.35. The zero-order chi connectivity index (χ0) is 14.8. The molecule has 0 bridgehead atoms. The third-order valence-electron chi connectivity index (χ3n) is 3.59. The molecule has 0 aliphatic carbocycles. The summed E-state index contributed by atoms with van der Waals surface area (Å²) in [6.45, 7) is 7.11. The molecule has 3 aromatic rings. The van der Waals surface area contributed by atoms with E-state index in [-0.39, 0.29) is 6.10 Å². The molecule has 0 aliphatic heterocycles. The van der Waals surface area contributed by atoms with Crippen molar-refractivity contribution in [3.05, 3.63) is 65.9 Å². The molecule has 3 rings (SSSR count). The highest BCUT2D eigenvalue weighted by Gasteiger charge is 2.05. The lowest BCUT2D eigenvalue weighted by molar-refractivity contribution is 0.243. The first-order valence-corrected chi connectivity index (χ1v) is 7.43. The van der Waals surface area contributed by atoms with E-state index in [0.717, 1.165) is 12.3 Å². The van der Waals surface area contributed by atoms with Crippen LogP contribution in [0, 0.1) is 6.92 Å². The minimum absolute atomic E-state index is 0.206. The Balaban J connectivity index is 1.88. The van der Waals surface area contributed by atoms with Crippen molar-refractivity contribution in [1.29, 1.82) is 0 Å². The molecule has 0 aliphatic rings. The number of hydrogen-bond donors (Lipinski definition) is 0. The van der Waals surface area contributed by atoms with E-state index in [1.54, 1.807) is 0 Å². The second-order valence-corrected chi connectivity index (χ2v) is 5.82. The van der Waals surface area contributed by atoms with E-state index in [4.69, 9.17) is 4.74 Å². The molecule has 21 heavy (non-hydrogen) atoms. The molecule has 0 amide bonds. The fraction of sp³-hybridized carbons (Fsp3) is 0.263. The van der Waals surface area contributed by atoms with E-state index in [2.05, 4.69) is 60.2 Å². The van der Waals surface area contributed by atoms with Gasteiger partial charge in [0, 0.05) is 23.6 Å². The van der Waals surface area contributed by atoms with Gasteiger partial charge in [0.1, 0.15) is 5.75 Å². The Bertz CT molecular complexity index is 738. The fourth-order valence-electron chi connectivity index (χ4n) is 2.55. The van der Waals surface area contributed by atoms with Crippen LogP contribution in [0.15, 0.2) is 54.7 Å². The van der Waals surface area contributed by atoms with Crippen molar-refractivity contribution in [2.75, 3.05) is 0 Å². The van der Waals surface area contributed by atoms with Crippen LogP contribution in [0.1, 0.15) is 25.0 Å². The fourth-order valence-corrected chi connectivity index (χ4v) is 2.55. The quantitative estimate of drug-likeness (QED) is 0.670. The molecule has 0 saturated heterocycles. The molecule has 2 heteroatoms. The smallest absolute Gasteiger partial charge is 0.120 e. The summed E-state index contributed by atoms with van der Waals surface area (Å²) in [5.41, 5.74) is 3.86. The van der Waals surface area contributed by atoms with Gasteiger partial charge in [-0.15, -0.1) is 0 Å². The molecule has 108 valence electrons. The summed E-state index contributed by atoms with van der Waals surface area (Å²) < 4.78 is 8.03. The Labute approximate surface area is 126 Å². The summed E-state index contributed by atoms with van der Waals surface area (Å²) in [6, 6.07) is 17.2. The van der Waals surface area contributed by atoms with Crippen LogP contribution in [0.4, 0.5) is 0 Å². The summed E-state index contributed by atoms with van der Waals surface area (Å²) in [7, 11) is 0. The van der Waals surface area contributed by atoms with Gasteiger partial charge in [0.15, 0.2) is 0 Å². The summed E-state index contributed by atoms with van der Waals surface area (Å²) in [4.78, 5) is 0. The Morgan fingerprint density at radius 3 is 2.48 bits per heavy atom. The van der Waals surface area contributed by atoms with Crippen LogP contribution in [0.2, 0.25) is 0 Å². The number of nitrogens with zero attached hydrogens (tertiary/aromatic N) is 1. The monoisotopic (exact) mass is 279 g/mol. The van der Waals surface area contributed by atoms with Gasteiger partial charge in [-0.25, -0.2) is 0 Å². The Hall–Kier alpha value is -2.22. The van der Waals surface area contributed by atoms with Crippen LogP contribution in [0.5, 0.6) is 5.75 Å². The lowest BCUT2D eigenvalue weighted by atomic mass is 10.1. The van der Waals surface area contributed by atoms with E-state index in [1.165, 1.54) is 22.0 Å². The molecule has 0 radical (unpaired) electrons. The average molecular weight is 279 g/mol. The molecular weight excluding hydrogens is 258 g/mol. The zero-order valence-electron chi connectivity index (χ0n) is 12.8. The highest BCUT2D eigenvalue weighted by atomic mass is 16.5. The molecule has 0 N–H and O–H groups in total. The summed E-state index contributed by atoms with van der Waals surface area (Å²) in [5, 5.41) is 1.22. The van der Waals surface area contributed by atoms with Crippen molar-refractivity contribution in [3.8, 4) is 5.75 Å². The molecule has 0 spiro atoms. The second kappa shape index (κ2) is 5.65. The van der Waals surface area contributed by atoms with Gasteiger partial charge in [-0.1, -0.05) is 29.8 Å². The van der Waals surface area contributed by atoms with Crippen molar-refractivity contribution >= 4 is 10.9 Å². The number of benzene rings is 2. The number of fused-ring (bicyclic) bond motifs is 1. The van der Waals surface area contributed by atoms with Crippen molar-refractivity contribution in [2.45, 2.75) is 33.4 Å². The number of aryl methyl sites for hydroxylation is 1. The van der Waals surface area contributed by atoms with E-state index in [9.17, 15) is 0 Å². The van der Waals surface area contributed by atoms with Gasteiger partial charge in [-0.2, -0.15) is 0 Å². The average Bonchev–Trinajstić information content (AvgIpc) is 2.83. The number of aromatic nitrogens is 1. The Morgan fingerprint density at radius 2 is 1.76 bits per heavy atom. The van der Waals surface area contributed by atoms with Crippen molar-refractivity contribution in [1.82, 2.24) is 4.57 Å². The first kappa shape index (κ1) is 13.7.